The number of methoxy groups -OCH3 is 2. The molecule has 7 N–H and O–H groups in total. The van der Waals surface area contributed by atoms with Crippen LogP contribution < -0.4 is 31.1 Å². The maximum atomic E-state index is 13.1. The number of benzene rings is 2. The highest BCUT2D eigenvalue weighted by Crippen LogP contribution is 2.45. The van der Waals surface area contributed by atoms with Gasteiger partial charge in [0, 0.05) is 24.9 Å². The van der Waals surface area contributed by atoms with E-state index in [9.17, 15) is 40.8 Å². The number of nitrogens with one attached hydrogen (secondary N) is 5. The molecule has 2 aromatic rings. The molecule has 22 nitrogen and oxygen atoms in total. The quantitative estimate of drug-likeness (QED) is 0.0295. The Morgan fingerprint density at radius 3 is 1.46 bits per heavy atom. The normalized spacial score (nSPS) is 19.3. The van der Waals surface area contributed by atoms with Gasteiger partial charge in [-0.2, -0.15) is 0 Å². The molecule has 69 heavy (non-hydrogen) atoms. The van der Waals surface area contributed by atoms with E-state index in [4.69, 9.17) is 29.4 Å². The Labute approximate surface area is 403 Å². The number of nitrogens with two attached hydrogens (primary N) is 1. The number of rotatable bonds is 29. The van der Waals surface area contributed by atoms with Gasteiger partial charge in [-0.15, -0.1) is 13.2 Å². The summed E-state index contributed by atoms with van der Waals surface area (Å²) in [6.07, 6.45) is 3.11. The molecule has 0 bridgehead atoms. The first-order valence-electron chi connectivity index (χ1n) is 21.9. The lowest BCUT2D eigenvalue weighted by atomic mass is 10.2. The van der Waals surface area contributed by atoms with E-state index in [0.29, 0.717) is 45.1 Å². The Morgan fingerprint density at radius 1 is 0.652 bits per heavy atom. The van der Waals surface area contributed by atoms with Gasteiger partial charge in [-0.1, -0.05) is 36.4 Å². The van der Waals surface area contributed by atoms with Crippen molar-refractivity contribution in [2.75, 3.05) is 90.8 Å². The van der Waals surface area contributed by atoms with Crippen molar-refractivity contribution in [3.63, 3.8) is 0 Å². The fraction of sp³-hybridized carbons (Fsp3) is 0.533. The third-order valence-electron chi connectivity index (χ3n) is 10.2. The number of alkyl carbamates (subject to hydrolysis) is 1. The molecule has 0 unspecified atom stereocenters. The number of hydrogen-bond donors (Lipinski definition) is 6. The zero-order valence-electron chi connectivity index (χ0n) is 39.7. The summed E-state index contributed by atoms with van der Waals surface area (Å²) in [7, 11) is -5.77. The van der Waals surface area contributed by atoms with Crippen LogP contribution in [0.5, 0.6) is 0 Å². The fourth-order valence-corrected chi connectivity index (χ4v) is 8.74. The average molecular weight is 1010 g/mol. The minimum atomic E-state index is -4.29. The van der Waals surface area contributed by atoms with E-state index in [1.54, 1.807) is 57.2 Å². The first-order chi connectivity index (χ1) is 32.6. The largest absolute Gasteiger partial charge is 0.469 e. The van der Waals surface area contributed by atoms with Crippen molar-refractivity contribution < 1.29 is 74.0 Å². The van der Waals surface area contributed by atoms with Gasteiger partial charge in [-0.25, -0.2) is 31.1 Å². The van der Waals surface area contributed by atoms with E-state index in [2.05, 4.69) is 48.0 Å². The lowest BCUT2D eigenvalue weighted by Crippen LogP contribution is -2.52. The number of amides is 3. The molecule has 0 radical (unpaired) electrons. The molecule has 24 heteroatoms. The SMILES string of the molecule is C=C[C@@H]1C[C@]1(N)C(=O)NS(=O)(=O)c1ccccc1NCCOCCOCCC(=O)OC.C=C[C@@H]1C[C@]1(NC(=O)OC(C)(C)C)C(=O)NS(=O)(=O)c1ccccc1NCCOCCOCCC(=O)OC. The standard InChI is InChI=1S/C25H37N3O9S.C20H29N3O7S/c1-6-18-17-25(18,27-23(31)37-24(2,3)4)22(30)28-38(32,33)20-10-8-7-9-19(20)26-12-14-36-16-15-35-13-11-21(29)34-5;1-3-15-14-20(15,21)19(25)23-31(26,27)17-7-5-4-6-16(17)22-9-11-30-13-12-29-10-8-18(24)28-2/h6-10,18,26H,1,11-17H2,2-5H3,(H,27,31)(H,28,30);3-7,15,22H,1,8-14,21H2,2H3,(H,23,25)/t18-,25-;15-,20-/m11/s1. The number of carbonyl (C=O) groups excluding carboxylic acids is 5. The van der Waals surface area contributed by atoms with Crippen molar-refractivity contribution in [1.29, 1.82) is 0 Å². The zero-order valence-corrected chi connectivity index (χ0v) is 41.3. The van der Waals surface area contributed by atoms with Crippen LogP contribution in [-0.2, 0) is 72.4 Å². The van der Waals surface area contributed by atoms with Crippen LogP contribution in [-0.4, -0.2) is 144 Å². The molecule has 0 heterocycles. The molecular formula is C45H66N6O16S2. The summed E-state index contributed by atoms with van der Waals surface area (Å²) in [6.45, 7) is 15.2. The molecular weight excluding hydrogens is 945 g/mol. The number of carbonyl (C=O) groups is 5. The number of esters is 2. The zero-order chi connectivity index (χ0) is 51.3. The number of anilines is 2. The number of sulfonamides is 2. The first-order valence-corrected chi connectivity index (χ1v) is 24.9. The highest BCUT2D eigenvalue weighted by Gasteiger charge is 2.61. The van der Waals surface area contributed by atoms with Gasteiger partial charge in [0.15, 0.2) is 0 Å². The topological polar surface area (TPSA) is 304 Å². The maximum absolute atomic E-state index is 13.1. The van der Waals surface area contributed by atoms with Gasteiger partial charge in [-0.3, -0.25) is 19.2 Å². The van der Waals surface area contributed by atoms with Gasteiger partial charge < -0.3 is 54.8 Å². The van der Waals surface area contributed by atoms with E-state index < -0.39 is 60.6 Å². The monoisotopic (exact) mass is 1010 g/mol. The molecule has 2 fully saturated rings. The second-order valence-corrected chi connectivity index (χ2v) is 19.8. The lowest BCUT2D eigenvalue weighted by molar-refractivity contribution is -0.142. The summed E-state index contributed by atoms with van der Waals surface area (Å²) in [6, 6.07) is 12.3. The van der Waals surface area contributed by atoms with E-state index in [1.807, 2.05) is 0 Å². The van der Waals surface area contributed by atoms with Crippen molar-refractivity contribution in [3.05, 3.63) is 73.8 Å². The van der Waals surface area contributed by atoms with Crippen LogP contribution in [0.1, 0.15) is 46.5 Å². The molecule has 384 valence electrons. The first kappa shape index (κ1) is 57.7. The van der Waals surface area contributed by atoms with E-state index in [0.717, 1.165) is 0 Å². The number of para-hydroxylation sites is 2. The predicted molar refractivity (Wildman–Crippen MR) is 253 cm³/mol. The molecule has 4 atom stereocenters. The van der Waals surface area contributed by atoms with E-state index in [-0.39, 0.29) is 85.6 Å². The highest BCUT2D eigenvalue weighted by atomic mass is 32.2. The summed E-state index contributed by atoms with van der Waals surface area (Å²) in [5.74, 6) is -3.00. The molecule has 2 aliphatic rings. The van der Waals surface area contributed by atoms with Crippen LogP contribution in [0.15, 0.2) is 83.6 Å². The van der Waals surface area contributed by atoms with Crippen molar-refractivity contribution in [2.24, 2.45) is 17.6 Å². The molecule has 0 aromatic heterocycles. The minimum Gasteiger partial charge on any atom is -0.469 e. The van der Waals surface area contributed by atoms with E-state index in [1.165, 1.54) is 38.5 Å². The van der Waals surface area contributed by atoms with Crippen molar-refractivity contribution in [2.45, 2.75) is 72.9 Å². The smallest absolute Gasteiger partial charge is 0.408 e. The third-order valence-corrected chi connectivity index (χ3v) is 13.0. The summed E-state index contributed by atoms with van der Waals surface area (Å²) < 4.78 is 91.4. The second-order valence-electron chi connectivity index (χ2n) is 16.5. The summed E-state index contributed by atoms with van der Waals surface area (Å²) >= 11 is 0. The van der Waals surface area contributed by atoms with Gasteiger partial charge >= 0.3 is 18.0 Å². The molecule has 0 spiro atoms. The van der Waals surface area contributed by atoms with Crippen LogP contribution in [0, 0.1) is 11.8 Å². The molecule has 2 aliphatic carbocycles. The Bertz CT molecular complexity index is 2310. The van der Waals surface area contributed by atoms with Gasteiger partial charge in [0.2, 0.25) is 0 Å². The third kappa shape index (κ3) is 18.7. The lowest BCUT2D eigenvalue weighted by Gasteiger charge is -2.24. The molecule has 2 saturated carbocycles. The summed E-state index contributed by atoms with van der Waals surface area (Å²) in [5.41, 5.74) is 3.05. The van der Waals surface area contributed by atoms with Crippen LogP contribution in [0.3, 0.4) is 0 Å². The number of hydrogen-bond acceptors (Lipinski definition) is 19. The Kier molecular flexibility index (Phi) is 22.5. The minimum absolute atomic E-state index is 0.0612. The molecule has 2 aromatic carbocycles. The Hall–Kier alpha value is -5.63. The fourth-order valence-electron chi connectivity index (χ4n) is 6.29. The summed E-state index contributed by atoms with van der Waals surface area (Å²) in [4.78, 5) is 59.5. The molecule has 0 saturated heterocycles. The van der Waals surface area contributed by atoms with Crippen LogP contribution in [0.4, 0.5) is 16.2 Å². The summed E-state index contributed by atoms with van der Waals surface area (Å²) in [5, 5.41) is 8.49. The Morgan fingerprint density at radius 2 is 1.07 bits per heavy atom. The molecule has 4 rings (SSSR count). The van der Waals surface area contributed by atoms with Crippen molar-refractivity contribution >= 4 is 61.3 Å². The maximum Gasteiger partial charge on any atom is 0.408 e. The average Bonchev–Trinajstić information content (AvgIpc) is 4.21. The van der Waals surface area contributed by atoms with E-state index >= 15 is 0 Å². The van der Waals surface area contributed by atoms with Gasteiger partial charge in [0.05, 0.1) is 91.3 Å². The van der Waals surface area contributed by atoms with Crippen LogP contribution in [0.25, 0.3) is 0 Å². The van der Waals surface area contributed by atoms with Crippen LogP contribution in [0.2, 0.25) is 0 Å². The van der Waals surface area contributed by atoms with Gasteiger partial charge in [0.25, 0.3) is 31.9 Å². The molecule has 0 aliphatic heterocycles. The highest BCUT2D eigenvalue weighted by molar-refractivity contribution is 7.90. The van der Waals surface area contributed by atoms with Crippen molar-refractivity contribution in [3.8, 4) is 0 Å². The second kappa shape index (κ2) is 26.9. The Balaban J connectivity index is 0.000000373. The number of ether oxygens (including phenoxy) is 7. The van der Waals surface area contributed by atoms with Gasteiger partial charge in [-0.05, 0) is 57.9 Å². The van der Waals surface area contributed by atoms with Gasteiger partial charge in [0.1, 0.15) is 26.5 Å². The van der Waals surface area contributed by atoms with Crippen molar-refractivity contribution in [1.82, 2.24) is 14.8 Å². The predicted octanol–water partition coefficient (Wildman–Crippen LogP) is 2.37. The van der Waals surface area contributed by atoms with Crippen LogP contribution >= 0.6 is 0 Å². The molecule has 3 amide bonds.